The molecule has 50 heavy (non-hydrogen) atoms. The van der Waals surface area contributed by atoms with E-state index in [4.69, 9.17) is 11.0 Å². The molecule has 0 spiro atoms. The van der Waals surface area contributed by atoms with E-state index in [1.807, 2.05) is 6.08 Å². The van der Waals surface area contributed by atoms with Crippen LogP contribution in [0.15, 0.2) is 137 Å². The van der Waals surface area contributed by atoms with E-state index in [-0.39, 0.29) is 12.2 Å². The number of rotatable bonds is 6. The molecule has 4 aromatic carbocycles. The van der Waals surface area contributed by atoms with Crippen molar-refractivity contribution in [3.63, 3.8) is 0 Å². The quantitative estimate of drug-likeness (QED) is 0.0774. The van der Waals surface area contributed by atoms with Gasteiger partial charge in [-0.25, -0.2) is 4.58 Å². The van der Waals surface area contributed by atoms with Crippen molar-refractivity contribution in [3.8, 4) is 0 Å². The molecule has 0 N–H and O–H groups in total. The molecule has 0 aliphatic carbocycles. The molecular weight excluding hydrogens is 627 g/mol. The van der Waals surface area contributed by atoms with E-state index in [9.17, 15) is 0 Å². The monoisotopic (exact) mass is 676 g/mol. The minimum Gasteiger partial charge on any atom is -0.456 e. The van der Waals surface area contributed by atoms with E-state index in [1.165, 1.54) is 16.3 Å². The lowest BCUT2D eigenvalue weighted by molar-refractivity contribution is -0.502. The summed E-state index contributed by atoms with van der Waals surface area (Å²) in [6.45, 7) is 28.0. The summed E-state index contributed by atoms with van der Waals surface area (Å²) in [5.74, 6) is 0.381. The molecule has 2 aliphatic heterocycles. The van der Waals surface area contributed by atoms with Crippen molar-refractivity contribution in [3.05, 3.63) is 150 Å². The van der Waals surface area contributed by atoms with Crippen LogP contribution in [0.1, 0.15) is 56.5 Å². The third kappa shape index (κ3) is 5.77. The number of furan rings is 1. The maximum Gasteiger partial charge on any atom is 0.165 e. The first-order chi connectivity index (χ1) is 24.0. The number of aryl methyl sites for hydroxylation is 1. The Morgan fingerprint density at radius 1 is 0.880 bits per heavy atom. The minimum atomic E-state index is -1.47. The first kappa shape index (κ1) is 33.6. The van der Waals surface area contributed by atoms with E-state index in [0.29, 0.717) is 5.92 Å². The molecule has 3 atom stereocenters. The number of benzene rings is 4. The minimum absolute atomic E-state index is 0.192. The summed E-state index contributed by atoms with van der Waals surface area (Å²) in [5.41, 5.74) is 11.1. The van der Waals surface area contributed by atoms with Crippen LogP contribution in [-0.4, -0.2) is 25.4 Å². The molecule has 4 nitrogen and oxygen atoms in total. The zero-order valence-electron chi connectivity index (χ0n) is 30.5. The topological polar surface area (TPSA) is 22.6 Å². The Labute approximate surface area is 299 Å². The van der Waals surface area contributed by atoms with Crippen molar-refractivity contribution in [1.29, 1.82) is 0 Å². The second-order valence-corrected chi connectivity index (χ2v) is 20.5. The van der Waals surface area contributed by atoms with Crippen LogP contribution in [0.2, 0.25) is 19.6 Å². The molecule has 2 aliphatic rings. The number of nitrogens with zero attached hydrogens (tertiary/aromatic N) is 3. The Bertz CT molecular complexity index is 2200. The summed E-state index contributed by atoms with van der Waals surface area (Å²) in [5, 5.41) is 3.74. The molecule has 7 rings (SSSR count). The fourth-order valence-electron chi connectivity index (χ4n) is 7.89. The SMILES string of the molecule is C=C/C(=C(\C)N1c2ccccc2N2C(=C)CC([N+](=C)/C=C(\C)[Si](C)(C)C)C(C)CCc3ccc4c(oc5ccccc54)c3C21)c1ccccc1. The Balaban J connectivity index is 1.50. The summed E-state index contributed by atoms with van der Waals surface area (Å²) >= 11 is 0. The molecule has 0 amide bonds. The van der Waals surface area contributed by atoms with Crippen LogP contribution in [0, 0.1) is 5.92 Å². The van der Waals surface area contributed by atoms with Crippen LogP contribution in [0.25, 0.3) is 27.5 Å². The number of anilines is 2. The standard InChI is InChI=1S/C45H50N3OSi/c1-10-36(34-18-12-11-13-19-34)33(5)48-40-22-16-15-21-39(40)47-31(3)28-41(46(6)29-32(4)50(7,8)9)30(2)24-25-35-26-27-38-37-20-14-17-23-42(37)49-44(38)43(35)45(47)48/h10-23,26-27,29-30,41,45H,1,3,6,24-25,28H2,2,4-5,7-9H3/q+1/b32-29+,36-33-. The number of fused-ring (bicyclic) bond motifs is 9. The Hall–Kier alpha value is -4.87. The van der Waals surface area contributed by atoms with Crippen molar-refractivity contribution in [2.75, 3.05) is 9.80 Å². The average Bonchev–Trinajstić information content (AvgIpc) is 3.65. The largest absolute Gasteiger partial charge is 0.456 e. The van der Waals surface area contributed by atoms with Gasteiger partial charge in [-0.15, -0.1) is 0 Å². The van der Waals surface area contributed by atoms with Crippen molar-refractivity contribution in [1.82, 2.24) is 0 Å². The maximum absolute atomic E-state index is 6.88. The summed E-state index contributed by atoms with van der Waals surface area (Å²) < 4.78 is 9.13. The summed E-state index contributed by atoms with van der Waals surface area (Å²) in [7, 11) is -1.47. The van der Waals surface area contributed by atoms with E-state index >= 15 is 0 Å². The summed E-state index contributed by atoms with van der Waals surface area (Å²) in [6, 6.07) is 32.6. The van der Waals surface area contributed by atoms with Gasteiger partial charge in [-0.05, 0) is 61.2 Å². The van der Waals surface area contributed by atoms with Crippen LogP contribution in [0.4, 0.5) is 11.4 Å². The molecule has 0 radical (unpaired) electrons. The predicted molar refractivity (Wildman–Crippen MR) is 217 cm³/mol. The molecule has 5 aromatic rings. The lowest BCUT2D eigenvalue weighted by Crippen LogP contribution is -2.39. The molecule has 0 saturated carbocycles. The zero-order valence-corrected chi connectivity index (χ0v) is 31.5. The van der Waals surface area contributed by atoms with Gasteiger partial charge in [0.2, 0.25) is 0 Å². The van der Waals surface area contributed by atoms with Crippen LogP contribution < -0.4 is 9.80 Å². The fourth-order valence-corrected chi connectivity index (χ4v) is 8.44. The van der Waals surface area contributed by atoms with Crippen LogP contribution >= 0.6 is 0 Å². The third-order valence-electron chi connectivity index (χ3n) is 11.1. The van der Waals surface area contributed by atoms with Gasteiger partial charge < -0.3 is 14.2 Å². The highest BCUT2D eigenvalue weighted by atomic mass is 28.3. The van der Waals surface area contributed by atoms with Crippen LogP contribution in [-0.2, 0) is 6.42 Å². The molecule has 0 saturated heterocycles. The van der Waals surface area contributed by atoms with Gasteiger partial charge in [0.15, 0.2) is 12.2 Å². The van der Waals surface area contributed by atoms with Gasteiger partial charge >= 0.3 is 0 Å². The highest BCUT2D eigenvalue weighted by Gasteiger charge is 2.44. The lowest BCUT2D eigenvalue weighted by atomic mass is 9.87. The lowest BCUT2D eigenvalue weighted by Gasteiger charge is -2.38. The molecule has 5 heteroatoms. The number of allylic oxidation sites excluding steroid dienone is 4. The number of hydrogen-bond acceptors (Lipinski definition) is 3. The van der Waals surface area contributed by atoms with E-state index < -0.39 is 8.07 Å². The highest BCUT2D eigenvalue weighted by Crippen LogP contribution is 2.54. The Kier molecular flexibility index (Phi) is 8.81. The highest BCUT2D eigenvalue weighted by molar-refractivity contribution is 6.82. The van der Waals surface area contributed by atoms with Gasteiger partial charge in [-0.2, -0.15) is 0 Å². The second kappa shape index (κ2) is 13.1. The van der Waals surface area contributed by atoms with Gasteiger partial charge in [-0.1, -0.05) is 119 Å². The van der Waals surface area contributed by atoms with Crippen molar-refractivity contribution < 1.29 is 8.99 Å². The second-order valence-electron chi connectivity index (χ2n) is 15.2. The first-order valence-corrected chi connectivity index (χ1v) is 21.4. The zero-order chi connectivity index (χ0) is 35.3. The van der Waals surface area contributed by atoms with Gasteiger partial charge in [0.05, 0.1) is 19.4 Å². The van der Waals surface area contributed by atoms with Gasteiger partial charge in [0, 0.05) is 45.6 Å². The molecular formula is C45H50N3OSi+. The Morgan fingerprint density at radius 3 is 2.28 bits per heavy atom. The van der Waals surface area contributed by atoms with E-state index in [0.717, 1.165) is 75.1 Å². The molecule has 1 aromatic heterocycles. The summed E-state index contributed by atoms with van der Waals surface area (Å²) in [6.07, 6.45) is 6.85. The fraction of sp³-hybridized carbons (Fsp3) is 0.267. The van der Waals surface area contributed by atoms with Gasteiger partial charge in [0.25, 0.3) is 0 Å². The van der Waals surface area contributed by atoms with Crippen molar-refractivity contribution in [2.45, 2.75) is 71.9 Å². The average molecular weight is 677 g/mol. The predicted octanol–water partition coefficient (Wildman–Crippen LogP) is 11.9. The van der Waals surface area contributed by atoms with Gasteiger partial charge in [-0.3, -0.25) is 0 Å². The Morgan fingerprint density at radius 2 is 1.56 bits per heavy atom. The molecule has 0 bridgehead atoms. The molecule has 3 unspecified atom stereocenters. The third-order valence-corrected chi connectivity index (χ3v) is 13.6. The smallest absolute Gasteiger partial charge is 0.165 e. The van der Waals surface area contributed by atoms with E-state index in [2.05, 4.69) is 165 Å². The number of hydrogen-bond donors (Lipinski definition) is 0. The van der Waals surface area contributed by atoms with Crippen molar-refractivity contribution >= 4 is 53.7 Å². The maximum atomic E-state index is 6.88. The molecule has 0 fully saturated rings. The van der Waals surface area contributed by atoms with Crippen LogP contribution in [0.5, 0.6) is 0 Å². The van der Waals surface area contributed by atoms with E-state index in [1.54, 1.807) is 0 Å². The van der Waals surface area contributed by atoms with Gasteiger partial charge in [0.1, 0.15) is 24.0 Å². The molecule has 3 heterocycles. The first-order valence-electron chi connectivity index (χ1n) is 17.9. The summed E-state index contributed by atoms with van der Waals surface area (Å²) in [4.78, 5) is 5.00. The normalized spacial score (nSPS) is 20.3. The van der Waals surface area contributed by atoms with Crippen LogP contribution in [0.3, 0.4) is 0 Å². The molecule has 254 valence electrons. The van der Waals surface area contributed by atoms with Crippen molar-refractivity contribution in [2.24, 2.45) is 5.92 Å². The number of para-hydroxylation sites is 3.